The van der Waals surface area contributed by atoms with Crippen molar-refractivity contribution in [3.63, 3.8) is 0 Å². The standard InChI is InChI=1S/C33H33BrN6O5/c1-3-29(43)38-13-11-23-30-25(40(37-23)24-10-7-20(19-5-4-6-19)15-27(24)45-18(2)42)12-14-39(26(30)16-38)33(44)21-8-9-22(34)32-31(21)35-28(17-41)36-32/h3,7-10,15,19,26,41H,1,4-6,11-14,16-17H2,2H3,(H,35,36). The van der Waals surface area contributed by atoms with Gasteiger partial charge in [0.25, 0.3) is 5.91 Å². The number of hydrogen-bond donors (Lipinski definition) is 2. The highest BCUT2D eigenvalue weighted by Crippen LogP contribution is 2.42. The van der Waals surface area contributed by atoms with Crippen molar-refractivity contribution in [2.45, 2.75) is 57.6 Å². The predicted octanol–water partition coefficient (Wildman–Crippen LogP) is 4.51. The third-order valence-corrected chi connectivity index (χ3v) is 9.86. The van der Waals surface area contributed by atoms with Gasteiger partial charge in [-0.2, -0.15) is 5.10 Å². The van der Waals surface area contributed by atoms with Gasteiger partial charge in [0, 0.05) is 49.4 Å². The van der Waals surface area contributed by atoms with Gasteiger partial charge in [0.1, 0.15) is 23.6 Å². The molecule has 45 heavy (non-hydrogen) atoms. The van der Waals surface area contributed by atoms with Crippen molar-refractivity contribution in [1.29, 1.82) is 0 Å². The highest BCUT2D eigenvalue weighted by atomic mass is 79.9. The largest absolute Gasteiger partial charge is 0.424 e. The van der Waals surface area contributed by atoms with E-state index in [0.29, 0.717) is 70.2 Å². The fraction of sp³-hybridized carbons (Fsp3) is 0.364. The van der Waals surface area contributed by atoms with Gasteiger partial charge in [0.05, 0.1) is 28.5 Å². The zero-order chi connectivity index (χ0) is 31.4. The lowest BCUT2D eigenvalue weighted by Crippen LogP contribution is -2.46. The number of fused-ring (bicyclic) bond motifs is 1. The Morgan fingerprint density at radius 3 is 2.71 bits per heavy atom. The van der Waals surface area contributed by atoms with E-state index < -0.39 is 12.0 Å². The first-order chi connectivity index (χ1) is 21.8. The molecule has 0 radical (unpaired) electrons. The van der Waals surface area contributed by atoms with Gasteiger partial charge in [-0.3, -0.25) is 14.4 Å². The molecule has 12 heteroatoms. The topological polar surface area (TPSA) is 134 Å². The second-order valence-corrected chi connectivity index (χ2v) is 12.7. The number of aliphatic hydroxyl groups is 1. The quantitative estimate of drug-likeness (QED) is 0.175. The van der Waals surface area contributed by atoms with Gasteiger partial charge in [-0.05, 0) is 70.6 Å². The van der Waals surface area contributed by atoms with Crippen LogP contribution >= 0.6 is 15.9 Å². The maximum Gasteiger partial charge on any atom is 0.308 e. The highest BCUT2D eigenvalue weighted by Gasteiger charge is 2.41. The molecule has 232 valence electrons. The first kappa shape index (κ1) is 29.4. The first-order valence-corrected chi connectivity index (χ1v) is 16.0. The summed E-state index contributed by atoms with van der Waals surface area (Å²) in [5, 5.41) is 14.8. The minimum Gasteiger partial charge on any atom is -0.424 e. The Balaban J connectivity index is 1.33. The third kappa shape index (κ3) is 5.05. The van der Waals surface area contributed by atoms with Crippen LogP contribution in [0.2, 0.25) is 0 Å². The maximum absolute atomic E-state index is 14.4. The molecule has 1 atom stereocenters. The minimum atomic E-state index is -0.471. The number of halogens is 1. The summed E-state index contributed by atoms with van der Waals surface area (Å²) >= 11 is 3.51. The number of benzene rings is 2. The molecule has 0 saturated heterocycles. The van der Waals surface area contributed by atoms with E-state index in [4.69, 9.17) is 9.84 Å². The molecule has 1 aliphatic carbocycles. The maximum atomic E-state index is 14.4. The molecule has 0 bridgehead atoms. The summed E-state index contributed by atoms with van der Waals surface area (Å²) in [6, 6.07) is 9.08. The molecule has 4 heterocycles. The fourth-order valence-corrected chi connectivity index (χ4v) is 7.24. The lowest BCUT2D eigenvalue weighted by atomic mass is 9.80. The number of rotatable bonds is 6. The number of nitrogens with zero attached hydrogens (tertiary/aromatic N) is 5. The molecule has 1 unspecified atom stereocenters. The number of H-pyrrole nitrogens is 1. The summed E-state index contributed by atoms with van der Waals surface area (Å²) in [6.45, 7) is 5.88. The van der Waals surface area contributed by atoms with Crippen LogP contribution in [0.3, 0.4) is 0 Å². The van der Waals surface area contributed by atoms with E-state index in [-0.39, 0.29) is 25.0 Å². The molecule has 11 nitrogen and oxygen atoms in total. The summed E-state index contributed by atoms with van der Waals surface area (Å²) in [6.07, 6.45) is 5.75. The fourth-order valence-electron chi connectivity index (χ4n) is 6.82. The van der Waals surface area contributed by atoms with Crippen LogP contribution in [0.5, 0.6) is 5.75 Å². The van der Waals surface area contributed by atoms with Crippen LogP contribution in [0, 0.1) is 0 Å². The number of nitrogens with one attached hydrogen (secondary N) is 1. The number of carbonyl (C=O) groups excluding carboxylic acids is 3. The van der Waals surface area contributed by atoms with E-state index in [0.717, 1.165) is 35.4 Å². The van der Waals surface area contributed by atoms with Crippen LogP contribution in [0.1, 0.15) is 76.8 Å². The van der Waals surface area contributed by atoms with Crippen molar-refractivity contribution in [2.75, 3.05) is 19.6 Å². The smallest absolute Gasteiger partial charge is 0.308 e. The molecule has 7 rings (SSSR count). The summed E-state index contributed by atoms with van der Waals surface area (Å²) in [7, 11) is 0. The van der Waals surface area contributed by atoms with E-state index in [1.54, 1.807) is 21.9 Å². The molecule has 2 aromatic heterocycles. The number of aromatic amines is 1. The SMILES string of the molecule is C=CC(=O)N1CCc2nn(-c3ccc(C4CCC4)cc3OC(C)=O)c3c2C(C1)N(C(=O)c1ccc(Br)c2nc(CO)[nH]c12)CC3. The Morgan fingerprint density at radius 2 is 2.00 bits per heavy atom. The predicted molar refractivity (Wildman–Crippen MR) is 169 cm³/mol. The molecule has 2 amide bonds. The van der Waals surface area contributed by atoms with Gasteiger partial charge in [-0.15, -0.1) is 0 Å². The summed E-state index contributed by atoms with van der Waals surface area (Å²) in [4.78, 5) is 50.5. The molecule has 3 aliphatic rings. The van der Waals surface area contributed by atoms with Crippen LogP contribution in [-0.2, 0) is 29.0 Å². The Kier molecular flexibility index (Phi) is 7.57. The van der Waals surface area contributed by atoms with E-state index in [1.165, 1.54) is 19.4 Å². The van der Waals surface area contributed by atoms with Crippen LogP contribution in [-0.4, -0.2) is 72.1 Å². The zero-order valence-electron chi connectivity index (χ0n) is 24.9. The average molecular weight is 674 g/mol. The molecule has 4 aromatic rings. The van der Waals surface area contributed by atoms with Gasteiger partial charge < -0.3 is 24.6 Å². The third-order valence-electron chi connectivity index (χ3n) is 9.22. The van der Waals surface area contributed by atoms with Crippen LogP contribution < -0.4 is 4.74 Å². The summed E-state index contributed by atoms with van der Waals surface area (Å²) in [5.74, 6) is 0.472. The highest BCUT2D eigenvalue weighted by molar-refractivity contribution is 9.10. The van der Waals surface area contributed by atoms with Crippen molar-refractivity contribution in [2.24, 2.45) is 0 Å². The number of aromatic nitrogens is 4. The number of ether oxygens (including phenoxy) is 1. The molecule has 2 aromatic carbocycles. The molecular formula is C33H33BrN6O5. The Hall–Kier alpha value is -4.29. The van der Waals surface area contributed by atoms with Gasteiger partial charge >= 0.3 is 5.97 Å². The number of aliphatic hydroxyl groups excluding tert-OH is 1. The van der Waals surface area contributed by atoms with Crippen molar-refractivity contribution >= 4 is 44.7 Å². The molecule has 2 aliphatic heterocycles. The van der Waals surface area contributed by atoms with Crippen molar-refractivity contribution < 1.29 is 24.2 Å². The van der Waals surface area contributed by atoms with Crippen molar-refractivity contribution in [3.05, 3.63) is 81.4 Å². The van der Waals surface area contributed by atoms with E-state index in [9.17, 15) is 19.5 Å². The second kappa shape index (κ2) is 11.6. The van der Waals surface area contributed by atoms with Crippen LogP contribution in [0.15, 0.2) is 47.5 Å². The molecular weight excluding hydrogens is 640 g/mol. The average Bonchev–Trinajstić information content (AvgIpc) is 3.55. The van der Waals surface area contributed by atoms with E-state index >= 15 is 0 Å². The van der Waals surface area contributed by atoms with Crippen LogP contribution in [0.25, 0.3) is 16.7 Å². The molecule has 2 N–H and O–H groups in total. The van der Waals surface area contributed by atoms with Gasteiger partial charge in [-0.1, -0.05) is 19.1 Å². The Morgan fingerprint density at radius 1 is 1.18 bits per heavy atom. The van der Waals surface area contributed by atoms with Crippen molar-refractivity contribution in [3.8, 4) is 11.4 Å². The number of carbonyl (C=O) groups is 3. The zero-order valence-corrected chi connectivity index (χ0v) is 26.5. The van der Waals surface area contributed by atoms with Gasteiger partial charge in [-0.25, -0.2) is 9.67 Å². The van der Waals surface area contributed by atoms with Crippen LogP contribution in [0.4, 0.5) is 0 Å². The number of amides is 2. The minimum absolute atomic E-state index is 0.205. The lowest BCUT2D eigenvalue weighted by Gasteiger charge is -2.38. The number of esters is 1. The Labute approximate surface area is 268 Å². The molecule has 1 saturated carbocycles. The van der Waals surface area contributed by atoms with Gasteiger partial charge in [0.15, 0.2) is 5.75 Å². The summed E-state index contributed by atoms with van der Waals surface area (Å²) < 4.78 is 8.32. The Bertz CT molecular complexity index is 1870. The van der Waals surface area contributed by atoms with Gasteiger partial charge in [0.2, 0.25) is 5.91 Å². The summed E-state index contributed by atoms with van der Waals surface area (Å²) in [5.41, 5.74) is 6.00. The monoisotopic (exact) mass is 672 g/mol. The van der Waals surface area contributed by atoms with E-state index in [2.05, 4.69) is 38.5 Å². The first-order valence-electron chi connectivity index (χ1n) is 15.2. The van der Waals surface area contributed by atoms with E-state index in [1.807, 2.05) is 16.8 Å². The normalized spacial score (nSPS) is 17.9. The molecule has 1 fully saturated rings. The number of imidazole rings is 1. The molecule has 0 spiro atoms. The number of hydrogen-bond acceptors (Lipinski definition) is 7. The lowest BCUT2D eigenvalue weighted by molar-refractivity contribution is -0.132. The van der Waals surface area contributed by atoms with Crippen molar-refractivity contribution in [1.82, 2.24) is 29.5 Å². The second-order valence-electron chi connectivity index (χ2n) is 11.8.